The van der Waals surface area contributed by atoms with Crippen molar-refractivity contribution in [3.8, 4) is 0 Å². The van der Waals surface area contributed by atoms with Gasteiger partial charge >= 0.3 is 0 Å². The Labute approximate surface area is 103 Å². The van der Waals surface area contributed by atoms with E-state index < -0.39 is 0 Å². The number of allylic oxidation sites excluding steroid dienone is 1. The molecule has 0 fully saturated rings. The van der Waals surface area contributed by atoms with Crippen LogP contribution in [-0.4, -0.2) is 5.78 Å². The molecule has 2 aliphatic carbocycles. The summed E-state index contributed by atoms with van der Waals surface area (Å²) in [5.74, 6) is 0.915. The van der Waals surface area contributed by atoms with E-state index in [9.17, 15) is 4.79 Å². The van der Waals surface area contributed by atoms with Crippen LogP contribution in [0.5, 0.6) is 0 Å². The van der Waals surface area contributed by atoms with Gasteiger partial charge in [0.25, 0.3) is 0 Å². The highest BCUT2D eigenvalue weighted by Crippen LogP contribution is 2.37. The molecule has 2 aliphatic rings. The first kappa shape index (κ1) is 10.8. The van der Waals surface area contributed by atoms with Crippen LogP contribution < -0.4 is 0 Å². The van der Waals surface area contributed by atoms with Crippen molar-refractivity contribution in [3.63, 3.8) is 0 Å². The van der Waals surface area contributed by atoms with E-state index in [2.05, 4.69) is 25.6 Å². The Balaban J connectivity index is 2.15. The lowest BCUT2D eigenvalue weighted by Crippen LogP contribution is -2.16. The normalized spacial score (nSPS) is 23.2. The fourth-order valence-electron chi connectivity index (χ4n) is 3.05. The Morgan fingerprint density at radius 3 is 2.65 bits per heavy atom. The third kappa shape index (κ3) is 1.65. The molecule has 0 aliphatic heterocycles. The summed E-state index contributed by atoms with van der Waals surface area (Å²) >= 11 is 0. The molecule has 0 spiro atoms. The summed E-state index contributed by atoms with van der Waals surface area (Å²) in [6, 6.07) is 4.38. The van der Waals surface area contributed by atoms with E-state index in [0.717, 1.165) is 31.2 Å². The Bertz CT molecular complexity index is 511. The Kier molecular flexibility index (Phi) is 2.43. The summed E-state index contributed by atoms with van der Waals surface area (Å²) in [4.78, 5) is 11.9. The molecule has 3 rings (SSSR count). The van der Waals surface area contributed by atoms with E-state index in [-0.39, 0.29) is 0 Å². The minimum atomic E-state index is 0.332. The summed E-state index contributed by atoms with van der Waals surface area (Å²) in [6.07, 6.45) is 5.04. The maximum Gasteiger partial charge on any atom is 0.163 e. The van der Waals surface area contributed by atoms with Gasteiger partial charge in [-0.1, -0.05) is 19.6 Å². The number of hydrogen-bond donors (Lipinski definition) is 0. The number of Topliss-reactive ketones (excluding diaryl/α,β-unsaturated/α-hetero) is 1. The first-order valence-electron chi connectivity index (χ1n) is 6.55. The van der Waals surface area contributed by atoms with Crippen molar-refractivity contribution in [2.75, 3.05) is 0 Å². The molecular weight excluding hydrogens is 208 g/mol. The largest absolute Gasteiger partial charge is 0.294 e. The van der Waals surface area contributed by atoms with Gasteiger partial charge in [-0.2, -0.15) is 0 Å². The van der Waals surface area contributed by atoms with Gasteiger partial charge in [0.05, 0.1) is 0 Å². The Morgan fingerprint density at radius 2 is 1.82 bits per heavy atom. The van der Waals surface area contributed by atoms with Crippen LogP contribution in [-0.2, 0) is 12.8 Å². The number of fused-ring (bicyclic) bond motifs is 2. The van der Waals surface area contributed by atoms with Crippen LogP contribution in [0, 0.1) is 5.92 Å². The molecule has 0 saturated carbocycles. The average molecular weight is 226 g/mol. The van der Waals surface area contributed by atoms with Crippen molar-refractivity contribution in [1.82, 2.24) is 0 Å². The number of hydrogen-bond acceptors (Lipinski definition) is 1. The zero-order valence-corrected chi connectivity index (χ0v) is 10.4. The first-order chi connectivity index (χ1) is 8.16. The highest BCUT2D eigenvalue weighted by atomic mass is 16.1. The van der Waals surface area contributed by atoms with Crippen molar-refractivity contribution >= 4 is 11.4 Å². The molecule has 0 radical (unpaired) electrons. The van der Waals surface area contributed by atoms with E-state index in [1.54, 1.807) is 0 Å². The van der Waals surface area contributed by atoms with Gasteiger partial charge in [0, 0.05) is 12.0 Å². The molecule has 0 bridgehead atoms. The van der Waals surface area contributed by atoms with Gasteiger partial charge in [-0.3, -0.25) is 4.79 Å². The molecule has 0 aromatic heterocycles. The SMILES string of the molecule is C=C1c2cc3c(cc2CC[C@H]1C)C(=O)CCC3. The smallest absolute Gasteiger partial charge is 0.163 e. The van der Waals surface area contributed by atoms with Crippen LogP contribution in [0.25, 0.3) is 5.57 Å². The molecule has 17 heavy (non-hydrogen) atoms. The average Bonchev–Trinajstić information content (AvgIpc) is 2.33. The van der Waals surface area contributed by atoms with Gasteiger partial charge in [-0.15, -0.1) is 0 Å². The molecule has 0 amide bonds. The highest BCUT2D eigenvalue weighted by Gasteiger charge is 2.24. The first-order valence-corrected chi connectivity index (χ1v) is 6.55. The van der Waals surface area contributed by atoms with Crippen molar-refractivity contribution in [2.24, 2.45) is 5.92 Å². The maximum absolute atomic E-state index is 11.9. The lowest BCUT2D eigenvalue weighted by atomic mass is 9.77. The summed E-state index contributed by atoms with van der Waals surface area (Å²) in [6.45, 7) is 6.47. The molecular formula is C16H18O. The number of aryl methyl sites for hydroxylation is 2. The molecule has 1 nitrogen and oxygen atoms in total. The molecule has 1 aromatic rings. The Hall–Kier alpha value is -1.37. The molecule has 1 aromatic carbocycles. The van der Waals surface area contributed by atoms with Gasteiger partial charge in [-0.05, 0) is 59.9 Å². The summed E-state index contributed by atoms with van der Waals surface area (Å²) in [5.41, 5.74) is 6.14. The van der Waals surface area contributed by atoms with Crippen molar-refractivity contribution < 1.29 is 4.79 Å². The topological polar surface area (TPSA) is 17.1 Å². The fourth-order valence-corrected chi connectivity index (χ4v) is 3.05. The maximum atomic E-state index is 11.9. The van der Waals surface area contributed by atoms with E-state index in [1.165, 1.54) is 28.7 Å². The zero-order chi connectivity index (χ0) is 12.0. The molecule has 0 N–H and O–H groups in total. The number of carbonyl (C=O) groups is 1. The number of ketones is 1. The lowest BCUT2D eigenvalue weighted by molar-refractivity contribution is 0.0972. The van der Waals surface area contributed by atoms with Gasteiger partial charge < -0.3 is 0 Å². The summed E-state index contributed by atoms with van der Waals surface area (Å²) < 4.78 is 0. The Morgan fingerprint density at radius 1 is 1.12 bits per heavy atom. The minimum absolute atomic E-state index is 0.332. The third-order valence-electron chi connectivity index (χ3n) is 4.27. The number of benzene rings is 1. The van der Waals surface area contributed by atoms with Crippen molar-refractivity contribution in [1.29, 1.82) is 0 Å². The van der Waals surface area contributed by atoms with E-state index in [4.69, 9.17) is 0 Å². The molecule has 88 valence electrons. The van der Waals surface area contributed by atoms with Gasteiger partial charge in [0.2, 0.25) is 0 Å². The van der Waals surface area contributed by atoms with Crippen molar-refractivity contribution in [3.05, 3.63) is 41.0 Å². The third-order valence-corrected chi connectivity index (χ3v) is 4.27. The molecule has 1 heteroatoms. The van der Waals surface area contributed by atoms with Crippen LogP contribution in [0.15, 0.2) is 18.7 Å². The fraction of sp³-hybridized carbons (Fsp3) is 0.438. The lowest BCUT2D eigenvalue weighted by Gasteiger charge is -2.27. The molecule has 0 heterocycles. The highest BCUT2D eigenvalue weighted by molar-refractivity contribution is 5.99. The summed E-state index contributed by atoms with van der Waals surface area (Å²) in [7, 11) is 0. The quantitative estimate of drug-likeness (QED) is 0.657. The van der Waals surface area contributed by atoms with Gasteiger partial charge in [0.15, 0.2) is 5.78 Å². The second-order valence-electron chi connectivity index (χ2n) is 5.41. The van der Waals surface area contributed by atoms with Crippen molar-refractivity contribution in [2.45, 2.75) is 39.0 Å². The summed E-state index contributed by atoms with van der Waals surface area (Å²) in [5, 5.41) is 0. The van der Waals surface area contributed by atoms with Crippen LogP contribution in [0.2, 0.25) is 0 Å². The second kappa shape index (κ2) is 3.83. The number of rotatable bonds is 0. The predicted molar refractivity (Wildman–Crippen MR) is 70.2 cm³/mol. The predicted octanol–water partition coefficient (Wildman–Crippen LogP) is 3.80. The minimum Gasteiger partial charge on any atom is -0.294 e. The van der Waals surface area contributed by atoms with E-state index in [1.807, 2.05) is 0 Å². The van der Waals surface area contributed by atoms with Crippen LogP contribution in [0.1, 0.15) is 53.2 Å². The van der Waals surface area contributed by atoms with Crippen LogP contribution in [0.4, 0.5) is 0 Å². The monoisotopic (exact) mass is 226 g/mol. The molecule has 0 saturated heterocycles. The van der Waals surface area contributed by atoms with Gasteiger partial charge in [-0.25, -0.2) is 0 Å². The second-order valence-corrected chi connectivity index (χ2v) is 5.41. The van der Waals surface area contributed by atoms with Crippen LogP contribution >= 0.6 is 0 Å². The number of carbonyl (C=O) groups excluding carboxylic acids is 1. The molecule has 0 unspecified atom stereocenters. The standard InChI is InChI=1S/C16H18O/c1-10-6-7-13-9-15-12(4-3-5-16(15)17)8-14(13)11(10)2/h8-10H,2-7H2,1H3/t10-/m1/s1. The van der Waals surface area contributed by atoms with Crippen LogP contribution in [0.3, 0.4) is 0 Å². The van der Waals surface area contributed by atoms with E-state index >= 15 is 0 Å². The zero-order valence-electron chi connectivity index (χ0n) is 10.4. The van der Waals surface area contributed by atoms with E-state index in [0.29, 0.717) is 11.7 Å². The molecule has 1 atom stereocenters. The van der Waals surface area contributed by atoms with Gasteiger partial charge in [0.1, 0.15) is 0 Å².